The SMILES string of the molecule is Cc1cccc(-c2nnc(SCC(=O)N(C)Cc3ccc(C)cc3C)o2)c1. The lowest BCUT2D eigenvalue weighted by molar-refractivity contribution is -0.127. The summed E-state index contributed by atoms with van der Waals surface area (Å²) >= 11 is 1.26. The molecule has 0 aliphatic rings. The van der Waals surface area contributed by atoms with Crippen LogP contribution in [-0.2, 0) is 11.3 Å². The van der Waals surface area contributed by atoms with Crippen LogP contribution in [0.5, 0.6) is 0 Å². The number of rotatable bonds is 6. The molecule has 3 rings (SSSR count). The van der Waals surface area contributed by atoms with E-state index in [1.54, 1.807) is 4.90 Å². The number of nitrogens with zero attached hydrogens (tertiary/aromatic N) is 3. The molecule has 140 valence electrons. The van der Waals surface area contributed by atoms with Gasteiger partial charge >= 0.3 is 0 Å². The highest BCUT2D eigenvalue weighted by atomic mass is 32.2. The van der Waals surface area contributed by atoms with Crippen molar-refractivity contribution in [2.45, 2.75) is 32.5 Å². The first-order valence-corrected chi connectivity index (χ1v) is 9.74. The monoisotopic (exact) mass is 381 g/mol. The fourth-order valence-corrected chi connectivity index (χ4v) is 3.47. The summed E-state index contributed by atoms with van der Waals surface area (Å²) in [6.45, 7) is 6.74. The summed E-state index contributed by atoms with van der Waals surface area (Å²) in [4.78, 5) is 14.2. The zero-order chi connectivity index (χ0) is 19.4. The van der Waals surface area contributed by atoms with Gasteiger partial charge < -0.3 is 9.32 Å². The van der Waals surface area contributed by atoms with Crippen LogP contribution in [0.15, 0.2) is 52.1 Å². The molecule has 27 heavy (non-hydrogen) atoms. The lowest BCUT2D eigenvalue weighted by atomic mass is 10.1. The quantitative estimate of drug-likeness (QED) is 0.592. The largest absolute Gasteiger partial charge is 0.411 e. The van der Waals surface area contributed by atoms with Gasteiger partial charge in [-0.3, -0.25) is 4.79 Å². The maximum atomic E-state index is 12.4. The van der Waals surface area contributed by atoms with Gasteiger partial charge in [0.2, 0.25) is 11.8 Å². The van der Waals surface area contributed by atoms with Crippen LogP contribution < -0.4 is 0 Å². The molecule has 1 heterocycles. The third-order valence-electron chi connectivity index (χ3n) is 4.32. The van der Waals surface area contributed by atoms with Crippen molar-refractivity contribution in [3.8, 4) is 11.5 Å². The molecule has 0 bridgehead atoms. The van der Waals surface area contributed by atoms with Crippen molar-refractivity contribution < 1.29 is 9.21 Å². The van der Waals surface area contributed by atoms with Gasteiger partial charge in [-0.25, -0.2) is 0 Å². The molecule has 1 amide bonds. The van der Waals surface area contributed by atoms with Crippen LogP contribution in [0, 0.1) is 20.8 Å². The zero-order valence-corrected chi connectivity index (χ0v) is 16.8. The van der Waals surface area contributed by atoms with E-state index in [0.717, 1.165) is 16.7 Å². The van der Waals surface area contributed by atoms with E-state index in [-0.39, 0.29) is 11.7 Å². The fourth-order valence-electron chi connectivity index (χ4n) is 2.76. The average molecular weight is 382 g/mol. The highest BCUT2D eigenvalue weighted by molar-refractivity contribution is 7.99. The smallest absolute Gasteiger partial charge is 0.277 e. The van der Waals surface area contributed by atoms with Gasteiger partial charge in [0.15, 0.2) is 0 Å². The molecule has 0 N–H and O–H groups in total. The maximum Gasteiger partial charge on any atom is 0.277 e. The summed E-state index contributed by atoms with van der Waals surface area (Å²) in [5.41, 5.74) is 5.58. The van der Waals surface area contributed by atoms with Crippen molar-refractivity contribution in [1.29, 1.82) is 0 Å². The molecule has 0 saturated heterocycles. The van der Waals surface area contributed by atoms with E-state index in [0.29, 0.717) is 17.7 Å². The summed E-state index contributed by atoms with van der Waals surface area (Å²) in [7, 11) is 1.81. The van der Waals surface area contributed by atoms with Gasteiger partial charge in [-0.1, -0.05) is 53.2 Å². The van der Waals surface area contributed by atoms with Crippen molar-refractivity contribution in [1.82, 2.24) is 15.1 Å². The van der Waals surface area contributed by atoms with Gasteiger partial charge in [-0.15, -0.1) is 10.2 Å². The Bertz CT molecular complexity index is 952. The third kappa shape index (κ3) is 4.98. The molecule has 0 atom stereocenters. The first-order valence-electron chi connectivity index (χ1n) is 8.76. The Morgan fingerprint density at radius 2 is 1.85 bits per heavy atom. The van der Waals surface area contributed by atoms with Crippen LogP contribution >= 0.6 is 11.8 Å². The summed E-state index contributed by atoms with van der Waals surface area (Å²) in [5.74, 6) is 0.754. The third-order valence-corrected chi connectivity index (χ3v) is 5.13. The fraction of sp³-hybridized carbons (Fsp3) is 0.286. The molecule has 0 aliphatic heterocycles. The number of benzene rings is 2. The number of hydrogen-bond donors (Lipinski definition) is 0. The lowest BCUT2D eigenvalue weighted by Gasteiger charge is -2.18. The number of carbonyl (C=O) groups is 1. The van der Waals surface area contributed by atoms with E-state index in [9.17, 15) is 4.79 Å². The summed E-state index contributed by atoms with van der Waals surface area (Å²) < 4.78 is 5.68. The number of carbonyl (C=O) groups excluding carboxylic acids is 1. The van der Waals surface area contributed by atoms with E-state index >= 15 is 0 Å². The first kappa shape index (κ1) is 19.2. The second kappa shape index (κ2) is 8.39. The second-order valence-corrected chi connectivity index (χ2v) is 7.64. The Labute approximate surface area is 163 Å². The molecule has 2 aromatic carbocycles. The summed E-state index contributed by atoms with van der Waals surface area (Å²) in [5, 5.41) is 8.51. The summed E-state index contributed by atoms with van der Waals surface area (Å²) in [6, 6.07) is 14.2. The molecular weight excluding hydrogens is 358 g/mol. The van der Waals surface area contributed by atoms with Crippen molar-refractivity contribution >= 4 is 17.7 Å². The van der Waals surface area contributed by atoms with Crippen LogP contribution in [0.2, 0.25) is 0 Å². The van der Waals surface area contributed by atoms with Gasteiger partial charge in [0, 0.05) is 19.2 Å². The maximum absolute atomic E-state index is 12.4. The van der Waals surface area contributed by atoms with E-state index in [2.05, 4.69) is 42.2 Å². The van der Waals surface area contributed by atoms with Crippen molar-refractivity contribution in [2.75, 3.05) is 12.8 Å². The van der Waals surface area contributed by atoms with Crippen molar-refractivity contribution in [2.24, 2.45) is 0 Å². The molecule has 1 aromatic heterocycles. The van der Waals surface area contributed by atoms with E-state index in [4.69, 9.17) is 4.42 Å². The number of hydrogen-bond acceptors (Lipinski definition) is 5. The predicted octanol–water partition coefficient (Wildman–Crippen LogP) is 4.41. The van der Waals surface area contributed by atoms with Gasteiger partial charge in [0.1, 0.15) is 0 Å². The topological polar surface area (TPSA) is 59.2 Å². The Morgan fingerprint density at radius 3 is 2.59 bits per heavy atom. The highest BCUT2D eigenvalue weighted by Gasteiger charge is 2.15. The van der Waals surface area contributed by atoms with Crippen LogP contribution in [0.25, 0.3) is 11.5 Å². The minimum atomic E-state index is 0.0234. The van der Waals surface area contributed by atoms with Crippen molar-refractivity contribution in [3.63, 3.8) is 0 Å². The molecule has 6 heteroatoms. The molecular formula is C21H23N3O2S. The standard InChI is InChI=1S/C21H23N3O2S/c1-14-6-5-7-17(11-14)20-22-23-21(26-20)27-13-19(25)24(4)12-18-9-8-15(2)10-16(18)3/h5-11H,12-13H2,1-4H3. The first-order chi connectivity index (χ1) is 12.9. The zero-order valence-electron chi connectivity index (χ0n) is 16.0. The number of thioether (sulfide) groups is 1. The normalized spacial score (nSPS) is 10.8. The number of aryl methyl sites for hydroxylation is 3. The Morgan fingerprint density at radius 1 is 1.07 bits per heavy atom. The molecule has 0 fully saturated rings. The Kier molecular flexibility index (Phi) is 5.96. The summed E-state index contributed by atoms with van der Waals surface area (Å²) in [6.07, 6.45) is 0. The van der Waals surface area contributed by atoms with Gasteiger partial charge in [0.25, 0.3) is 5.22 Å². The minimum Gasteiger partial charge on any atom is -0.411 e. The van der Waals surface area contributed by atoms with Gasteiger partial charge in [-0.2, -0.15) is 0 Å². The number of amides is 1. The molecule has 5 nitrogen and oxygen atoms in total. The van der Waals surface area contributed by atoms with E-state index < -0.39 is 0 Å². The van der Waals surface area contributed by atoms with Crippen LogP contribution in [-0.4, -0.2) is 33.8 Å². The number of aromatic nitrogens is 2. The average Bonchev–Trinajstić information content (AvgIpc) is 3.11. The molecule has 0 unspecified atom stereocenters. The van der Waals surface area contributed by atoms with Crippen LogP contribution in [0.3, 0.4) is 0 Å². The predicted molar refractivity (Wildman–Crippen MR) is 108 cm³/mol. The molecule has 3 aromatic rings. The lowest BCUT2D eigenvalue weighted by Crippen LogP contribution is -2.28. The van der Waals surface area contributed by atoms with Gasteiger partial charge in [-0.05, 0) is 44.0 Å². The second-order valence-electron chi connectivity index (χ2n) is 6.71. The Hall–Kier alpha value is -2.60. The van der Waals surface area contributed by atoms with Crippen LogP contribution in [0.1, 0.15) is 22.3 Å². The Balaban J connectivity index is 1.57. The molecule has 0 aliphatic carbocycles. The van der Waals surface area contributed by atoms with Crippen molar-refractivity contribution in [3.05, 3.63) is 64.7 Å². The van der Waals surface area contributed by atoms with E-state index in [1.165, 1.54) is 22.9 Å². The van der Waals surface area contributed by atoms with Gasteiger partial charge in [0.05, 0.1) is 5.75 Å². The molecule has 0 spiro atoms. The van der Waals surface area contributed by atoms with E-state index in [1.807, 2.05) is 38.2 Å². The minimum absolute atomic E-state index is 0.0234. The van der Waals surface area contributed by atoms with Crippen LogP contribution in [0.4, 0.5) is 0 Å². The highest BCUT2D eigenvalue weighted by Crippen LogP contribution is 2.24. The molecule has 0 radical (unpaired) electrons. The molecule has 0 saturated carbocycles.